The van der Waals surface area contributed by atoms with Gasteiger partial charge in [-0.05, 0) is 37.0 Å². The molecule has 20 heavy (non-hydrogen) atoms. The molecule has 0 aliphatic rings. The van der Waals surface area contributed by atoms with Crippen LogP contribution in [0.3, 0.4) is 0 Å². The van der Waals surface area contributed by atoms with Gasteiger partial charge < -0.3 is 9.47 Å². The highest BCUT2D eigenvalue weighted by molar-refractivity contribution is 6.20. The number of rotatable bonds is 10. The first-order valence-corrected chi connectivity index (χ1v) is 8.20. The van der Waals surface area contributed by atoms with Crippen LogP contribution in [-0.4, -0.2) is 13.2 Å². The first-order valence-electron chi connectivity index (χ1n) is 7.76. The van der Waals surface area contributed by atoms with Crippen molar-refractivity contribution in [3.63, 3.8) is 0 Å². The predicted molar refractivity (Wildman–Crippen MR) is 86.1 cm³/mol. The van der Waals surface area contributed by atoms with Gasteiger partial charge in [0.2, 0.25) is 0 Å². The molecule has 0 aromatic heterocycles. The van der Waals surface area contributed by atoms with Gasteiger partial charge in [-0.3, -0.25) is 0 Å². The maximum absolute atomic E-state index is 6.45. The van der Waals surface area contributed by atoms with Crippen LogP contribution >= 0.6 is 11.6 Å². The Kier molecular flexibility index (Phi) is 8.52. The minimum Gasteiger partial charge on any atom is -0.490 e. The van der Waals surface area contributed by atoms with Crippen LogP contribution in [0.5, 0.6) is 11.5 Å². The molecule has 1 rings (SSSR count). The normalized spacial score (nSPS) is 12.2. The lowest BCUT2D eigenvalue weighted by Crippen LogP contribution is -2.02. The number of unbranched alkanes of at least 4 members (excludes halogenated alkanes) is 1. The first-order chi connectivity index (χ1) is 9.72. The fourth-order valence-corrected chi connectivity index (χ4v) is 2.22. The molecule has 114 valence electrons. The number of benzene rings is 1. The third-order valence-electron chi connectivity index (χ3n) is 3.06. The largest absolute Gasteiger partial charge is 0.490 e. The van der Waals surface area contributed by atoms with Crippen molar-refractivity contribution in [3.05, 3.63) is 23.8 Å². The topological polar surface area (TPSA) is 18.5 Å². The Labute approximate surface area is 128 Å². The summed E-state index contributed by atoms with van der Waals surface area (Å²) in [6, 6.07) is 6.07. The van der Waals surface area contributed by atoms with E-state index >= 15 is 0 Å². The average molecular weight is 299 g/mol. The molecule has 0 saturated carbocycles. The van der Waals surface area contributed by atoms with Crippen LogP contribution < -0.4 is 9.47 Å². The van der Waals surface area contributed by atoms with Gasteiger partial charge in [0.15, 0.2) is 11.5 Å². The van der Waals surface area contributed by atoms with Crippen molar-refractivity contribution >= 4 is 11.6 Å². The highest BCUT2D eigenvalue weighted by Crippen LogP contribution is 2.34. The summed E-state index contributed by atoms with van der Waals surface area (Å²) in [5, 5.41) is 0.0548. The highest BCUT2D eigenvalue weighted by atomic mass is 35.5. The molecular formula is C17H27ClO2. The second-order valence-corrected chi connectivity index (χ2v) is 5.54. The summed E-state index contributed by atoms with van der Waals surface area (Å²) in [4.78, 5) is 0. The molecule has 2 nitrogen and oxygen atoms in total. The maximum Gasteiger partial charge on any atom is 0.161 e. The van der Waals surface area contributed by atoms with Gasteiger partial charge in [0.1, 0.15) is 0 Å². The molecule has 0 amide bonds. The van der Waals surface area contributed by atoms with Gasteiger partial charge in [0.25, 0.3) is 0 Å². The van der Waals surface area contributed by atoms with Gasteiger partial charge in [-0.15, -0.1) is 11.6 Å². The number of alkyl halides is 1. The van der Waals surface area contributed by atoms with E-state index in [2.05, 4.69) is 26.8 Å². The number of ether oxygens (including phenoxy) is 2. The monoisotopic (exact) mass is 298 g/mol. The van der Waals surface area contributed by atoms with Crippen molar-refractivity contribution in [1.29, 1.82) is 0 Å². The van der Waals surface area contributed by atoms with Crippen molar-refractivity contribution in [3.8, 4) is 11.5 Å². The Morgan fingerprint density at radius 2 is 1.60 bits per heavy atom. The van der Waals surface area contributed by atoms with E-state index in [1.807, 2.05) is 12.1 Å². The summed E-state index contributed by atoms with van der Waals surface area (Å²) in [5.41, 5.74) is 1.12. The molecule has 0 spiro atoms. The third kappa shape index (κ3) is 5.62. The first kappa shape index (κ1) is 17.2. The molecule has 1 aromatic rings. The van der Waals surface area contributed by atoms with Crippen LogP contribution in [0.4, 0.5) is 0 Å². The number of hydrogen-bond acceptors (Lipinski definition) is 2. The minimum absolute atomic E-state index is 0.0548. The summed E-state index contributed by atoms with van der Waals surface area (Å²) in [6.07, 6.45) is 5.29. The molecular weight excluding hydrogens is 272 g/mol. The van der Waals surface area contributed by atoms with E-state index in [0.717, 1.165) is 42.7 Å². The Hall–Kier alpha value is -0.890. The van der Waals surface area contributed by atoms with Gasteiger partial charge in [0, 0.05) is 0 Å². The molecule has 0 aliphatic heterocycles. The molecule has 0 aliphatic carbocycles. The molecule has 0 radical (unpaired) electrons. The summed E-state index contributed by atoms with van der Waals surface area (Å²) < 4.78 is 11.5. The molecule has 1 atom stereocenters. The summed E-state index contributed by atoms with van der Waals surface area (Å²) >= 11 is 6.45. The van der Waals surface area contributed by atoms with Crippen LogP contribution in [0, 0.1) is 0 Å². The fraction of sp³-hybridized carbons (Fsp3) is 0.647. The lowest BCUT2D eigenvalue weighted by Gasteiger charge is -2.15. The SMILES string of the molecule is CCCCC(Cl)c1ccc(OCCC)c(OCCC)c1. The van der Waals surface area contributed by atoms with Crippen LogP contribution in [-0.2, 0) is 0 Å². The van der Waals surface area contributed by atoms with Crippen LogP contribution in [0.1, 0.15) is 63.8 Å². The molecule has 0 heterocycles. The smallest absolute Gasteiger partial charge is 0.161 e. The fourth-order valence-electron chi connectivity index (χ4n) is 1.93. The molecule has 0 bridgehead atoms. The Bertz CT molecular complexity index is 379. The van der Waals surface area contributed by atoms with Crippen molar-refractivity contribution in [2.24, 2.45) is 0 Å². The molecule has 3 heteroatoms. The van der Waals surface area contributed by atoms with E-state index in [1.165, 1.54) is 6.42 Å². The van der Waals surface area contributed by atoms with Crippen molar-refractivity contribution < 1.29 is 9.47 Å². The summed E-state index contributed by atoms with van der Waals surface area (Å²) in [7, 11) is 0. The minimum atomic E-state index is 0.0548. The van der Waals surface area contributed by atoms with E-state index in [0.29, 0.717) is 13.2 Å². The van der Waals surface area contributed by atoms with E-state index in [1.54, 1.807) is 0 Å². The van der Waals surface area contributed by atoms with Gasteiger partial charge in [-0.1, -0.05) is 39.7 Å². The van der Waals surface area contributed by atoms with E-state index in [4.69, 9.17) is 21.1 Å². The second-order valence-electron chi connectivity index (χ2n) is 5.01. The number of halogens is 1. The van der Waals surface area contributed by atoms with E-state index in [-0.39, 0.29) is 5.38 Å². The van der Waals surface area contributed by atoms with Gasteiger partial charge in [-0.25, -0.2) is 0 Å². The van der Waals surface area contributed by atoms with Crippen molar-refractivity contribution in [1.82, 2.24) is 0 Å². The summed E-state index contributed by atoms with van der Waals surface area (Å²) in [5.74, 6) is 1.64. The van der Waals surface area contributed by atoms with E-state index in [9.17, 15) is 0 Å². The van der Waals surface area contributed by atoms with E-state index < -0.39 is 0 Å². The van der Waals surface area contributed by atoms with Crippen molar-refractivity contribution in [2.45, 2.75) is 58.3 Å². The second kappa shape index (κ2) is 9.93. The highest BCUT2D eigenvalue weighted by Gasteiger charge is 2.12. The zero-order valence-corrected chi connectivity index (χ0v) is 13.7. The Morgan fingerprint density at radius 1 is 0.950 bits per heavy atom. The zero-order valence-electron chi connectivity index (χ0n) is 13.0. The molecule has 1 aromatic carbocycles. The van der Waals surface area contributed by atoms with Crippen molar-refractivity contribution in [2.75, 3.05) is 13.2 Å². The maximum atomic E-state index is 6.45. The molecule has 0 saturated heterocycles. The lowest BCUT2D eigenvalue weighted by molar-refractivity contribution is 0.268. The average Bonchev–Trinajstić information content (AvgIpc) is 2.48. The molecule has 0 fully saturated rings. The summed E-state index contributed by atoms with van der Waals surface area (Å²) in [6.45, 7) is 7.79. The number of hydrogen-bond donors (Lipinski definition) is 0. The Morgan fingerprint density at radius 3 is 2.20 bits per heavy atom. The Balaban J connectivity index is 2.82. The van der Waals surface area contributed by atoms with Crippen LogP contribution in [0.2, 0.25) is 0 Å². The molecule has 1 unspecified atom stereocenters. The van der Waals surface area contributed by atoms with Gasteiger partial charge in [0.05, 0.1) is 18.6 Å². The lowest BCUT2D eigenvalue weighted by atomic mass is 10.1. The van der Waals surface area contributed by atoms with Gasteiger partial charge in [-0.2, -0.15) is 0 Å². The molecule has 0 N–H and O–H groups in total. The zero-order chi connectivity index (χ0) is 14.8. The van der Waals surface area contributed by atoms with Crippen LogP contribution in [0.15, 0.2) is 18.2 Å². The quantitative estimate of drug-likeness (QED) is 0.513. The van der Waals surface area contributed by atoms with Gasteiger partial charge >= 0.3 is 0 Å². The third-order valence-corrected chi connectivity index (χ3v) is 3.53. The predicted octanol–water partition coefficient (Wildman–Crippen LogP) is 5.73. The standard InChI is InChI=1S/C17H27ClO2/c1-4-7-8-15(18)14-9-10-16(19-11-5-2)17(13-14)20-12-6-3/h9-10,13,15H,4-8,11-12H2,1-3H3. The van der Waals surface area contributed by atoms with Crippen LogP contribution in [0.25, 0.3) is 0 Å².